The van der Waals surface area contributed by atoms with Crippen LogP contribution in [-0.4, -0.2) is 30.0 Å². The lowest BCUT2D eigenvalue weighted by molar-refractivity contribution is -0.131. The van der Waals surface area contributed by atoms with Gasteiger partial charge in [-0.05, 0) is 54.8 Å². The molecule has 7 nitrogen and oxygen atoms in total. The monoisotopic (exact) mass is 475 g/mol. The molecule has 5 rings (SSSR count). The second-order valence-electron chi connectivity index (χ2n) is 8.16. The van der Waals surface area contributed by atoms with E-state index in [1.165, 1.54) is 0 Å². The van der Waals surface area contributed by atoms with Crippen LogP contribution in [0.15, 0.2) is 77.4 Å². The van der Waals surface area contributed by atoms with Crippen molar-refractivity contribution in [2.75, 3.05) is 13.2 Å². The molecule has 0 spiro atoms. The predicted molar refractivity (Wildman–Crippen MR) is 128 cm³/mol. The Morgan fingerprint density at radius 1 is 0.941 bits per heavy atom. The molecule has 8 heteroatoms. The first-order valence-corrected chi connectivity index (χ1v) is 11.3. The first-order chi connectivity index (χ1) is 16.6. The van der Waals surface area contributed by atoms with E-state index in [0.717, 1.165) is 5.56 Å². The van der Waals surface area contributed by atoms with Crippen molar-refractivity contribution in [3.8, 4) is 11.5 Å². The first kappa shape index (κ1) is 22.1. The summed E-state index contributed by atoms with van der Waals surface area (Å²) in [5.74, 6) is -0.213. The van der Waals surface area contributed by atoms with E-state index in [0.29, 0.717) is 59.0 Å². The maximum Gasteiger partial charge on any atom is 0.270 e. The molecule has 0 unspecified atom stereocenters. The number of hydrazine groups is 1. The third-order valence-electron chi connectivity index (χ3n) is 6.18. The van der Waals surface area contributed by atoms with Gasteiger partial charge in [0, 0.05) is 23.6 Å². The van der Waals surface area contributed by atoms with Crippen molar-refractivity contribution in [2.24, 2.45) is 0 Å². The molecule has 1 saturated heterocycles. The quantitative estimate of drug-likeness (QED) is 0.419. The van der Waals surface area contributed by atoms with E-state index in [4.69, 9.17) is 20.8 Å². The Morgan fingerprint density at radius 3 is 2.53 bits per heavy atom. The van der Waals surface area contributed by atoms with E-state index >= 15 is 0 Å². The number of pyridine rings is 1. The molecular weight excluding hydrogens is 454 g/mol. The van der Waals surface area contributed by atoms with Gasteiger partial charge in [-0.15, -0.1) is 0 Å². The number of amides is 2. The number of nitrogens with one attached hydrogen (secondary N) is 2. The number of rotatable bonds is 4. The molecule has 0 atom stereocenters. The largest absolute Gasteiger partial charge is 0.463 e. The van der Waals surface area contributed by atoms with E-state index in [2.05, 4.69) is 15.8 Å². The molecule has 4 aromatic rings. The molecule has 0 aliphatic carbocycles. The number of halogens is 1. The normalized spacial score (nSPS) is 15.1. The van der Waals surface area contributed by atoms with Gasteiger partial charge in [0.1, 0.15) is 5.69 Å². The van der Waals surface area contributed by atoms with Gasteiger partial charge in [0.05, 0.1) is 22.8 Å². The lowest BCUT2D eigenvalue weighted by atomic mass is 9.73. The van der Waals surface area contributed by atoms with Crippen LogP contribution in [-0.2, 0) is 14.9 Å². The maximum absolute atomic E-state index is 13.4. The summed E-state index contributed by atoms with van der Waals surface area (Å²) in [4.78, 5) is 31.3. The van der Waals surface area contributed by atoms with E-state index < -0.39 is 11.3 Å². The van der Waals surface area contributed by atoms with Crippen molar-refractivity contribution >= 4 is 34.3 Å². The van der Waals surface area contributed by atoms with Gasteiger partial charge >= 0.3 is 0 Å². The zero-order valence-corrected chi connectivity index (χ0v) is 19.0. The summed E-state index contributed by atoms with van der Waals surface area (Å²) in [6, 6.07) is 19.8. The maximum atomic E-state index is 13.4. The minimum Gasteiger partial charge on any atom is -0.463 e. The smallest absolute Gasteiger partial charge is 0.270 e. The molecular formula is C26H22ClN3O4. The molecule has 1 aliphatic rings. The summed E-state index contributed by atoms with van der Waals surface area (Å²) in [7, 11) is 0. The zero-order chi connectivity index (χ0) is 23.5. The summed E-state index contributed by atoms with van der Waals surface area (Å²) < 4.78 is 11.0. The summed E-state index contributed by atoms with van der Waals surface area (Å²) >= 11 is 6.20. The number of ether oxygens (including phenoxy) is 1. The van der Waals surface area contributed by atoms with Crippen LogP contribution in [0.5, 0.6) is 0 Å². The third-order valence-corrected chi connectivity index (χ3v) is 6.42. The van der Waals surface area contributed by atoms with Crippen LogP contribution >= 0.6 is 11.6 Å². The Kier molecular flexibility index (Phi) is 6.04. The number of benzene rings is 2. The fourth-order valence-corrected chi connectivity index (χ4v) is 4.56. The zero-order valence-electron chi connectivity index (χ0n) is 18.2. The van der Waals surface area contributed by atoms with Crippen LogP contribution in [0.3, 0.4) is 0 Å². The Hall–Kier alpha value is -3.68. The summed E-state index contributed by atoms with van der Waals surface area (Å²) in [6.45, 7) is 0.880. The molecule has 1 fully saturated rings. The van der Waals surface area contributed by atoms with E-state index in [1.54, 1.807) is 36.6 Å². The molecule has 3 heterocycles. The van der Waals surface area contributed by atoms with Crippen molar-refractivity contribution in [2.45, 2.75) is 18.3 Å². The molecule has 34 heavy (non-hydrogen) atoms. The molecule has 0 radical (unpaired) electrons. The Morgan fingerprint density at radius 2 is 1.76 bits per heavy atom. The summed E-state index contributed by atoms with van der Waals surface area (Å²) in [6.07, 6.45) is 2.51. The highest BCUT2D eigenvalue weighted by molar-refractivity contribution is 6.30. The fourth-order valence-electron chi connectivity index (χ4n) is 4.37. The van der Waals surface area contributed by atoms with Gasteiger partial charge in [0.15, 0.2) is 5.76 Å². The number of nitrogens with zero attached hydrogens (tertiary/aromatic N) is 1. The lowest BCUT2D eigenvalue weighted by Crippen LogP contribution is -2.53. The molecule has 172 valence electrons. The highest BCUT2D eigenvalue weighted by atomic mass is 35.5. The van der Waals surface area contributed by atoms with E-state index in [-0.39, 0.29) is 5.91 Å². The van der Waals surface area contributed by atoms with Crippen molar-refractivity contribution in [1.82, 2.24) is 15.8 Å². The number of hydrogen-bond acceptors (Lipinski definition) is 5. The Balaban J connectivity index is 1.43. The summed E-state index contributed by atoms with van der Waals surface area (Å²) in [5, 5.41) is 1.22. The van der Waals surface area contributed by atoms with Gasteiger partial charge in [0.2, 0.25) is 5.91 Å². The van der Waals surface area contributed by atoms with Crippen molar-refractivity contribution in [3.05, 3.63) is 89.1 Å². The van der Waals surface area contributed by atoms with Gasteiger partial charge in [-0.3, -0.25) is 20.4 Å². The number of para-hydroxylation sites is 1. The van der Waals surface area contributed by atoms with Gasteiger partial charge in [-0.25, -0.2) is 4.98 Å². The predicted octanol–water partition coefficient (Wildman–Crippen LogP) is 4.66. The van der Waals surface area contributed by atoms with Crippen LogP contribution in [0.2, 0.25) is 5.02 Å². The molecule has 0 saturated carbocycles. The minimum atomic E-state index is -0.851. The number of hydrogen-bond donors (Lipinski definition) is 2. The highest BCUT2D eigenvalue weighted by Crippen LogP contribution is 2.36. The van der Waals surface area contributed by atoms with Crippen molar-refractivity contribution in [1.29, 1.82) is 0 Å². The highest BCUT2D eigenvalue weighted by Gasteiger charge is 2.42. The van der Waals surface area contributed by atoms with Crippen LogP contribution < -0.4 is 10.9 Å². The second-order valence-corrected chi connectivity index (χ2v) is 8.60. The van der Waals surface area contributed by atoms with Crippen molar-refractivity contribution in [3.63, 3.8) is 0 Å². The number of aromatic nitrogens is 1. The van der Waals surface area contributed by atoms with Gasteiger partial charge in [-0.2, -0.15) is 0 Å². The van der Waals surface area contributed by atoms with Crippen LogP contribution in [0.25, 0.3) is 22.4 Å². The topological polar surface area (TPSA) is 93.5 Å². The second kappa shape index (κ2) is 9.29. The van der Waals surface area contributed by atoms with Gasteiger partial charge in [0.25, 0.3) is 5.91 Å². The summed E-state index contributed by atoms with van der Waals surface area (Å²) in [5.41, 5.74) is 6.74. The average Bonchev–Trinajstić information content (AvgIpc) is 3.42. The molecule has 0 bridgehead atoms. The van der Waals surface area contributed by atoms with Crippen LogP contribution in [0, 0.1) is 0 Å². The molecule has 2 N–H and O–H groups in total. The molecule has 1 aliphatic heterocycles. The van der Waals surface area contributed by atoms with Crippen molar-refractivity contribution < 1.29 is 18.7 Å². The number of fused-ring (bicyclic) bond motifs is 1. The molecule has 2 amide bonds. The first-order valence-electron chi connectivity index (χ1n) is 11.0. The van der Waals surface area contributed by atoms with E-state index in [1.807, 2.05) is 36.4 Å². The van der Waals surface area contributed by atoms with Gasteiger partial charge < -0.3 is 9.15 Å². The average molecular weight is 476 g/mol. The fraction of sp³-hybridized carbons (Fsp3) is 0.192. The van der Waals surface area contributed by atoms with Crippen LogP contribution in [0.4, 0.5) is 0 Å². The molecule has 2 aromatic heterocycles. The van der Waals surface area contributed by atoms with Gasteiger partial charge in [-0.1, -0.05) is 41.9 Å². The SMILES string of the molecule is O=C(NNC(=O)C1(c2cccc(Cl)c2)CCOCC1)c1cc(-c2ccco2)nc2ccccc12. The third kappa shape index (κ3) is 4.16. The Bertz CT molecular complexity index is 1350. The number of carbonyl (C=O) groups excluding carboxylic acids is 2. The molecule has 2 aromatic carbocycles. The lowest BCUT2D eigenvalue weighted by Gasteiger charge is -2.36. The van der Waals surface area contributed by atoms with Crippen LogP contribution in [0.1, 0.15) is 28.8 Å². The van der Waals surface area contributed by atoms with E-state index in [9.17, 15) is 9.59 Å². The minimum absolute atomic E-state index is 0.309. The number of carbonyl (C=O) groups is 2. The number of furan rings is 1. The standard InChI is InChI=1S/C26H22ClN3O4/c27-18-6-3-5-17(15-18)26(10-13-33-14-11-26)25(32)30-29-24(31)20-16-22(23-9-4-12-34-23)28-21-8-2-1-7-19(20)21/h1-9,12,15-16H,10-11,13-14H2,(H,29,31)(H,30,32). The Labute approximate surface area is 201 Å².